The number of hydrogen-bond acceptors (Lipinski definition) is 4. The number of alkyl halides is 1. The van der Waals surface area contributed by atoms with Gasteiger partial charge in [0.1, 0.15) is 0 Å². The van der Waals surface area contributed by atoms with Gasteiger partial charge < -0.3 is 9.64 Å². The lowest BCUT2D eigenvalue weighted by molar-refractivity contribution is 0.304. The van der Waals surface area contributed by atoms with Crippen LogP contribution in [-0.2, 0) is 0 Å². The van der Waals surface area contributed by atoms with Crippen molar-refractivity contribution in [3.63, 3.8) is 0 Å². The van der Waals surface area contributed by atoms with E-state index in [-0.39, 0.29) is 0 Å². The Balaban J connectivity index is 2.86. The quantitative estimate of drug-likeness (QED) is 0.726. The van der Waals surface area contributed by atoms with E-state index in [1.807, 2.05) is 13.0 Å². The fourth-order valence-corrected chi connectivity index (χ4v) is 1.88. The van der Waals surface area contributed by atoms with Crippen LogP contribution in [0.1, 0.15) is 26.0 Å². The number of halogens is 1. The van der Waals surface area contributed by atoms with E-state index in [1.165, 1.54) is 0 Å². The highest BCUT2D eigenvalue weighted by Gasteiger charge is 2.09. The van der Waals surface area contributed by atoms with Gasteiger partial charge in [0, 0.05) is 30.2 Å². The van der Waals surface area contributed by atoms with E-state index >= 15 is 0 Å². The van der Waals surface area contributed by atoms with E-state index in [4.69, 9.17) is 4.74 Å². The molecule has 1 heterocycles. The van der Waals surface area contributed by atoms with Crippen LogP contribution in [0.5, 0.6) is 5.88 Å². The molecule has 0 aliphatic heterocycles. The first-order chi connectivity index (χ1) is 8.21. The number of rotatable bonds is 7. The number of aryl methyl sites for hydroxylation is 1. The number of aromatic nitrogens is 2. The highest BCUT2D eigenvalue weighted by molar-refractivity contribution is 9.09. The Bertz CT molecular complexity index is 347. The molecule has 0 radical (unpaired) electrons. The Kier molecular flexibility index (Phi) is 6.26. The summed E-state index contributed by atoms with van der Waals surface area (Å²) in [6, 6.07) is 1.88. The largest absolute Gasteiger partial charge is 0.478 e. The molecule has 0 bridgehead atoms. The maximum atomic E-state index is 5.56. The summed E-state index contributed by atoms with van der Waals surface area (Å²) in [4.78, 5) is 11.0. The van der Waals surface area contributed by atoms with Crippen molar-refractivity contribution < 1.29 is 4.74 Å². The summed E-state index contributed by atoms with van der Waals surface area (Å²) in [6.07, 6.45) is 0.983. The number of anilines is 1. The molecule has 0 spiro atoms. The van der Waals surface area contributed by atoms with E-state index in [1.54, 1.807) is 0 Å². The second-order valence-corrected chi connectivity index (χ2v) is 4.56. The molecule has 0 N–H and O–H groups in total. The molecule has 0 amide bonds. The first-order valence-electron chi connectivity index (χ1n) is 6.00. The highest BCUT2D eigenvalue weighted by Crippen LogP contribution is 2.15. The monoisotopic (exact) mass is 301 g/mol. The fraction of sp³-hybridized carbons (Fsp3) is 0.667. The predicted molar refractivity (Wildman–Crippen MR) is 74.2 cm³/mol. The standard InChI is InChI=1S/C12H20BrN3O/c1-4-8-17-11-9-10(3)14-12(15-11)16(5-2)7-6-13/h9H,4-8H2,1-3H3. The summed E-state index contributed by atoms with van der Waals surface area (Å²) in [5.74, 6) is 1.42. The number of nitrogens with zero attached hydrogens (tertiary/aromatic N) is 3. The van der Waals surface area contributed by atoms with E-state index in [2.05, 4.69) is 44.6 Å². The molecule has 0 atom stereocenters. The second-order valence-electron chi connectivity index (χ2n) is 3.76. The Labute approximate surface area is 112 Å². The van der Waals surface area contributed by atoms with Gasteiger partial charge in [-0.3, -0.25) is 0 Å². The lowest BCUT2D eigenvalue weighted by Gasteiger charge is -2.20. The molecule has 0 aliphatic rings. The maximum Gasteiger partial charge on any atom is 0.228 e. The summed E-state index contributed by atoms with van der Waals surface area (Å²) in [5.41, 5.74) is 0.939. The minimum absolute atomic E-state index is 0.669. The third-order valence-corrected chi connectivity index (χ3v) is 2.65. The van der Waals surface area contributed by atoms with E-state index < -0.39 is 0 Å². The Morgan fingerprint density at radius 2 is 2.12 bits per heavy atom. The zero-order valence-electron chi connectivity index (χ0n) is 10.7. The fourth-order valence-electron chi connectivity index (χ4n) is 1.45. The predicted octanol–water partition coefficient (Wildman–Crippen LogP) is 2.80. The molecule has 5 heteroatoms. The molecule has 96 valence electrons. The number of ether oxygens (including phenoxy) is 1. The average molecular weight is 302 g/mol. The van der Waals surface area contributed by atoms with Crippen molar-refractivity contribution in [2.75, 3.05) is 29.9 Å². The average Bonchev–Trinajstić information content (AvgIpc) is 2.32. The molecule has 0 unspecified atom stereocenters. The summed E-state index contributed by atoms with van der Waals surface area (Å²) in [7, 11) is 0. The van der Waals surface area contributed by atoms with Crippen LogP contribution in [0.25, 0.3) is 0 Å². The van der Waals surface area contributed by atoms with Crippen molar-refractivity contribution in [3.05, 3.63) is 11.8 Å². The van der Waals surface area contributed by atoms with E-state index in [0.717, 1.165) is 36.5 Å². The van der Waals surface area contributed by atoms with Gasteiger partial charge >= 0.3 is 0 Å². The van der Waals surface area contributed by atoms with Crippen LogP contribution in [0.15, 0.2) is 6.07 Å². The zero-order valence-corrected chi connectivity index (χ0v) is 12.3. The molecule has 0 saturated carbocycles. The lowest BCUT2D eigenvalue weighted by Crippen LogP contribution is -2.27. The Hall–Kier alpha value is -0.840. The van der Waals surface area contributed by atoms with E-state index in [0.29, 0.717) is 12.5 Å². The van der Waals surface area contributed by atoms with Crippen LogP contribution in [0, 0.1) is 6.92 Å². The van der Waals surface area contributed by atoms with Gasteiger partial charge in [-0.25, -0.2) is 4.98 Å². The van der Waals surface area contributed by atoms with Crippen LogP contribution in [-0.4, -0.2) is 35.0 Å². The summed E-state index contributed by atoms with van der Waals surface area (Å²) in [6.45, 7) is 8.63. The van der Waals surface area contributed by atoms with Crippen molar-refractivity contribution in [1.82, 2.24) is 9.97 Å². The molecule has 17 heavy (non-hydrogen) atoms. The van der Waals surface area contributed by atoms with Gasteiger partial charge in [0.05, 0.1) is 6.61 Å². The van der Waals surface area contributed by atoms with Crippen molar-refractivity contribution in [3.8, 4) is 5.88 Å². The summed E-state index contributed by atoms with van der Waals surface area (Å²) >= 11 is 3.44. The molecule has 4 nitrogen and oxygen atoms in total. The Morgan fingerprint density at radius 1 is 1.35 bits per heavy atom. The molecule has 0 saturated heterocycles. The van der Waals surface area contributed by atoms with Gasteiger partial charge in [-0.2, -0.15) is 4.98 Å². The van der Waals surface area contributed by atoms with Crippen molar-refractivity contribution in [1.29, 1.82) is 0 Å². The summed E-state index contributed by atoms with van der Waals surface area (Å²) < 4.78 is 5.56. The molecule has 1 aromatic heterocycles. The summed E-state index contributed by atoms with van der Waals surface area (Å²) in [5, 5.41) is 0.906. The third-order valence-electron chi connectivity index (χ3n) is 2.29. The maximum absolute atomic E-state index is 5.56. The topological polar surface area (TPSA) is 38.2 Å². The van der Waals surface area contributed by atoms with Gasteiger partial charge in [0.2, 0.25) is 11.8 Å². The van der Waals surface area contributed by atoms with Crippen molar-refractivity contribution >= 4 is 21.9 Å². The number of hydrogen-bond donors (Lipinski definition) is 0. The van der Waals surface area contributed by atoms with Gasteiger partial charge in [-0.15, -0.1) is 0 Å². The zero-order chi connectivity index (χ0) is 12.7. The second kappa shape index (κ2) is 7.48. The first-order valence-corrected chi connectivity index (χ1v) is 7.12. The Morgan fingerprint density at radius 3 is 2.71 bits per heavy atom. The molecule has 1 aromatic rings. The molecule has 0 fully saturated rings. The van der Waals surface area contributed by atoms with Crippen LogP contribution >= 0.6 is 15.9 Å². The van der Waals surface area contributed by atoms with Crippen LogP contribution in [0.2, 0.25) is 0 Å². The lowest BCUT2D eigenvalue weighted by atomic mass is 10.4. The molecule has 0 aliphatic carbocycles. The smallest absolute Gasteiger partial charge is 0.228 e. The first kappa shape index (κ1) is 14.2. The molecular formula is C12H20BrN3O. The SMILES string of the molecule is CCCOc1cc(C)nc(N(CC)CCBr)n1. The molecule has 1 rings (SSSR count). The van der Waals surface area contributed by atoms with Crippen LogP contribution in [0.4, 0.5) is 5.95 Å². The van der Waals surface area contributed by atoms with Crippen LogP contribution in [0.3, 0.4) is 0 Å². The molecule has 0 aromatic carbocycles. The van der Waals surface area contributed by atoms with Gasteiger partial charge in [0.25, 0.3) is 0 Å². The van der Waals surface area contributed by atoms with Crippen LogP contribution < -0.4 is 9.64 Å². The highest BCUT2D eigenvalue weighted by atomic mass is 79.9. The van der Waals surface area contributed by atoms with Crippen molar-refractivity contribution in [2.45, 2.75) is 27.2 Å². The van der Waals surface area contributed by atoms with Gasteiger partial charge in [0.15, 0.2) is 0 Å². The van der Waals surface area contributed by atoms with E-state index in [9.17, 15) is 0 Å². The van der Waals surface area contributed by atoms with Crippen molar-refractivity contribution in [2.24, 2.45) is 0 Å². The van der Waals surface area contributed by atoms with Gasteiger partial charge in [-0.1, -0.05) is 22.9 Å². The normalized spacial score (nSPS) is 10.4. The van der Waals surface area contributed by atoms with Gasteiger partial charge in [-0.05, 0) is 20.3 Å². The third kappa shape index (κ3) is 4.50. The minimum Gasteiger partial charge on any atom is -0.478 e. The minimum atomic E-state index is 0.669. The molecular weight excluding hydrogens is 282 g/mol.